The van der Waals surface area contributed by atoms with E-state index in [2.05, 4.69) is 20.2 Å². The summed E-state index contributed by atoms with van der Waals surface area (Å²) >= 11 is 0. The minimum atomic E-state index is -2.88. The molecule has 0 bridgehead atoms. The Bertz CT molecular complexity index is 1170. The van der Waals surface area contributed by atoms with Gasteiger partial charge in [-0.05, 0) is 43.2 Å². The molecule has 3 aromatic rings. The van der Waals surface area contributed by atoms with Crippen LogP contribution in [-0.2, 0) is 0 Å². The summed E-state index contributed by atoms with van der Waals surface area (Å²) in [4.78, 5) is 24.3. The standard InChI is InChI=1S/C23H28N6O3S/c1-33(31,32)17-6-2-4-15(12-17)19-8-7-18(25)22(27-19)23(30)28-20-13-26-10-9-21(20)29-11-3-5-16(24)14-29/h2,4,6-10,12-13,16,31-32H,3,5,11,14,24-25H2,1H3,(H,28,30)/t16-/m0/s1. The molecule has 10 heteroatoms. The van der Waals surface area contributed by atoms with Crippen LogP contribution >= 0.6 is 10.6 Å². The molecule has 2 aromatic heterocycles. The van der Waals surface area contributed by atoms with Crippen molar-refractivity contribution >= 4 is 33.6 Å². The second kappa shape index (κ2) is 9.36. The van der Waals surface area contributed by atoms with E-state index in [0.29, 0.717) is 28.4 Å². The summed E-state index contributed by atoms with van der Waals surface area (Å²) in [5.41, 5.74) is 15.1. The van der Waals surface area contributed by atoms with Crippen LogP contribution in [0, 0.1) is 0 Å². The van der Waals surface area contributed by atoms with E-state index in [1.165, 1.54) is 6.26 Å². The number of rotatable bonds is 5. The van der Waals surface area contributed by atoms with Crippen LogP contribution in [0.3, 0.4) is 0 Å². The molecule has 0 spiro atoms. The molecule has 1 amide bonds. The lowest BCUT2D eigenvalue weighted by molar-refractivity contribution is 0.102. The van der Waals surface area contributed by atoms with Gasteiger partial charge in [0.05, 0.1) is 33.8 Å². The predicted molar refractivity (Wildman–Crippen MR) is 133 cm³/mol. The van der Waals surface area contributed by atoms with Gasteiger partial charge in [0.1, 0.15) is 0 Å². The first kappa shape index (κ1) is 23.0. The lowest BCUT2D eigenvalue weighted by Gasteiger charge is -2.33. The van der Waals surface area contributed by atoms with E-state index in [0.717, 1.165) is 25.1 Å². The van der Waals surface area contributed by atoms with Crippen LogP contribution < -0.4 is 21.7 Å². The predicted octanol–water partition coefficient (Wildman–Crippen LogP) is 3.64. The average molecular weight is 469 g/mol. The highest BCUT2D eigenvalue weighted by atomic mass is 32.3. The zero-order valence-corrected chi connectivity index (χ0v) is 19.1. The maximum Gasteiger partial charge on any atom is 0.276 e. The Morgan fingerprint density at radius 1 is 1.24 bits per heavy atom. The topological polar surface area (TPSA) is 151 Å². The number of pyridine rings is 2. The molecule has 0 saturated carbocycles. The molecule has 9 nitrogen and oxygen atoms in total. The number of piperidine rings is 1. The summed E-state index contributed by atoms with van der Waals surface area (Å²) in [5.74, 6) is -0.458. The van der Waals surface area contributed by atoms with Gasteiger partial charge in [0, 0.05) is 37.1 Å². The molecule has 7 N–H and O–H groups in total. The highest BCUT2D eigenvalue weighted by Gasteiger charge is 2.21. The zero-order chi connectivity index (χ0) is 23.6. The van der Waals surface area contributed by atoms with Crippen LogP contribution in [0.2, 0.25) is 0 Å². The summed E-state index contributed by atoms with van der Waals surface area (Å²) in [6.45, 7) is 1.55. The number of amides is 1. The number of aromatic nitrogens is 2. The van der Waals surface area contributed by atoms with Crippen LogP contribution in [0.1, 0.15) is 23.3 Å². The van der Waals surface area contributed by atoms with Crippen LogP contribution in [0.15, 0.2) is 59.8 Å². The van der Waals surface area contributed by atoms with Crippen molar-refractivity contribution in [1.29, 1.82) is 0 Å². The van der Waals surface area contributed by atoms with Crippen molar-refractivity contribution in [2.75, 3.05) is 35.3 Å². The van der Waals surface area contributed by atoms with Gasteiger partial charge in [-0.3, -0.25) is 18.9 Å². The molecule has 4 rings (SSSR count). The van der Waals surface area contributed by atoms with E-state index in [4.69, 9.17) is 11.5 Å². The van der Waals surface area contributed by atoms with E-state index < -0.39 is 16.5 Å². The van der Waals surface area contributed by atoms with Gasteiger partial charge >= 0.3 is 0 Å². The molecular formula is C23H28N6O3S. The molecule has 1 atom stereocenters. The number of carbonyl (C=O) groups is 1. The Morgan fingerprint density at radius 3 is 2.82 bits per heavy atom. The molecule has 33 heavy (non-hydrogen) atoms. The third-order valence-electron chi connectivity index (χ3n) is 5.56. The van der Waals surface area contributed by atoms with E-state index in [9.17, 15) is 13.9 Å². The molecule has 0 radical (unpaired) electrons. The third-order valence-corrected chi connectivity index (χ3v) is 6.71. The van der Waals surface area contributed by atoms with Crippen molar-refractivity contribution in [3.05, 3.63) is 60.6 Å². The Balaban J connectivity index is 1.62. The fraction of sp³-hybridized carbons (Fsp3) is 0.261. The van der Waals surface area contributed by atoms with E-state index >= 15 is 0 Å². The van der Waals surface area contributed by atoms with Crippen molar-refractivity contribution in [1.82, 2.24) is 9.97 Å². The third kappa shape index (κ3) is 5.25. The van der Waals surface area contributed by atoms with Gasteiger partial charge in [-0.2, -0.15) is 10.6 Å². The van der Waals surface area contributed by atoms with E-state index in [1.807, 2.05) is 6.07 Å². The van der Waals surface area contributed by atoms with Gasteiger partial charge in [0.2, 0.25) is 0 Å². The van der Waals surface area contributed by atoms with Crippen molar-refractivity contribution in [2.24, 2.45) is 5.73 Å². The first-order chi connectivity index (χ1) is 15.7. The van der Waals surface area contributed by atoms with Crippen LogP contribution in [0.4, 0.5) is 17.1 Å². The number of nitrogens with zero attached hydrogens (tertiary/aromatic N) is 3. The fourth-order valence-corrected chi connectivity index (χ4v) is 4.56. The highest BCUT2D eigenvalue weighted by molar-refractivity contribution is 8.23. The monoisotopic (exact) mass is 468 g/mol. The number of anilines is 3. The van der Waals surface area contributed by atoms with Crippen LogP contribution in [-0.4, -0.2) is 50.4 Å². The van der Waals surface area contributed by atoms with Gasteiger partial charge in [0.15, 0.2) is 5.69 Å². The van der Waals surface area contributed by atoms with Gasteiger partial charge in [-0.1, -0.05) is 12.1 Å². The summed E-state index contributed by atoms with van der Waals surface area (Å²) in [5, 5.41) is 2.89. The highest BCUT2D eigenvalue weighted by Crippen LogP contribution is 2.44. The minimum absolute atomic E-state index is 0.0751. The van der Waals surface area contributed by atoms with Crippen molar-refractivity contribution in [3.63, 3.8) is 0 Å². The summed E-state index contributed by atoms with van der Waals surface area (Å²) in [7, 11) is -2.88. The average Bonchev–Trinajstić information content (AvgIpc) is 2.79. The number of hydrogen-bond donors (Lipinski definition) is 5. The fourth-order valence-electron chi connectivity index (χ4n) is 3.88. The van der Waals surface area contributed by atoms with Gasteiger partial charge in [0.25, 0.3) is 5.91 Å². The van der Waals surface area contributed by atoms with Gasteiger partial charge in [-0.15, -0.1) is 0 Å². The summed E-state index contributed by atoms with van der Waals surface area (Å²) in [6.07, 6.45) is 6.61. The number of benzene rings is 1. The molecule has 1 aliphatic heterocycles. The Labute approximate surface area is 194 Å². The smallest absolute Gasteiger partial charge is 0.276 e. The molecule has 3 heterocycles. The van der Waals surface area contributed by atoms with E-state index in [1.54, 1.807) is 48.8 Å². The maximum atomic E-state index is 13.1. The van der Waals surface area contributed by atoms with Crippen molar-refractivity contribution < 1.29 is 13.9 Å². The molecular weight excluding hydrogens is 440 g/mol. The second-order valence-electron chi connectivity index (χ2n) is 8.19. The minimum Gasteiger partial charge on any atom is -0.397 e. The second-order valence-corrected chi connectivity index (χ2v) is 10.3. The lowest BCUT2D eigenvalue weighted by atomic mass is 10.1. The molecule has 1 fully saturated rings. The molecule has 0 aliphatic carbocycles. The zero-order valence-electron chi connectivity index (χ0n) is 18.3. The number of nitrogens with two attached hydrogens (primary N) is 2. The number of hydrogen-bond acceptors (Lipinski definition) is 8. The molecule has 1 aliphatic rings. The molecule has 174 valence electrons. The van der Waals surface area contributed by atoms with Crippen LogP contribution in [0.25, 0.3) is 11.3 Å². The Hall–Kier alpha value is -3.18. The maximum absolute atomic E-state index is 13.1. The number of carbonyl (C=O) groups excluding carboxylic acids is 1. The molecule has 1 saturated heterocycles. The largest absolute Gasteiger partial charge is 0.397 e. The molecule has 0 unspecified atom stereocenters. The first-order valence-electron chi connectivity index (χ1n) is 10.6. The molecule has 1 aromatic carbocycles. The summed E-state index contributed by atoms with van der Waals surface area (Å²) in [6, 6.07) is 12.0. The van der Waals surface area contributed by atoms with E-state index in [-0.39, 0.29) is 17.4 Å². The van der Waals surface area contributed by atoms with Crippen molar-refractivity contribution in [3.8, 4) is 11.3 Å². The first-order valence-corrected chi connectivity index (χ1v) is 12.5. The van der Waals surface area contributed by atoms with Gasteiger partial charge < -0.3 is 21.7 Å². The van der Waals surface area contributed by atoms with Crippen molar-refractivity contribution in [2.45, 2.75) is 23.8 Å². The Morgan fingerprint density at radius 2 is 2.06 bits per heavy atom. The van der Waals surface area contributed by atoms with Crippen LogP contribution in [0.5, 0.6) is 0 Å². The SMILES string of the molecule is CS(O)(O)c1cccc(-c2ccc(N)c(C(=O)Nc3cnccc3N3CCC[C@H](N)C3)n2)c1. The lowest BCUT2D eigenvalue weighted by Crippen LogP contribution is -2.43. The van der Waals surface area contributed by atoms with Gasteiger partial charge in [-0.25, -0.2) is 4.98 Å². The number of nitrogen functional groups attached to an aromatic ring is 1. The summed E-state index contributed by atoms with van der Waals surface area (Å²) < 4.78 is 20.0. The quantitative estimate of drug-likeness (QED) is 0.381. The number of nitrogens with one attached hydrogen (secondary N) is 1. The Kier molecular flexibility index (Phi) is 6.52. The normalized spacial score (nSPS) is 17.0.